The molecule has 0 spiro atoms. The number of nitrogen functional groups attached to an aromatic ring is 1. The molecule has 1 amide bonds. The number of carbonyl (C=O) groups is 1. The van der Waals surface area contributed by atoms with Crippen molar-refractivity contribution in [2.24, 2.45) is 0 Å². The number of nitrogens with two attached hydrogens (primary N) is 1. The lowest BCUT2D eigenvalue weighted by Crippen LogP contribution is -2.14. The fraction of sp³-hybridized carbons (Fsp3) is 0.0400. The molecule has 0 unspecified atom stereocenters. The summed E-state index contributed by atoms with van der Waals surface area (Å²) in [5, 5.41) is 9.36. The minimum absolute atomic E-state index is 0.282. The van der Waals surface area contributed by atoms with Crippen LogP contribution >= 0.6 is 11.6 Å². The van der Waals surface area contributed by atoms with Gasteiger partial charge in [-0.25, -0.2) is 15.0 Å². The minimum atomic E-state index is -0.282. The molecule has 2 aromatic heterocycles. The summed E-state index contributed by atoms with van der Waals surface area (Å²) in [5.74, 6) is 0.713. The summed E-state index contributed by atoms with van der Waals surface area (Å²) >= 11 is 6.12. The third-order valence-electron chi connectivity index (χ3n) is 5.42. The summed E-state index contributed by atoms with van der Waals surface area (Å²) < 4.78 is 0. The van der Waals surface area contributed by atoms with E-state index in [1.54, 1.807) is 24.4 Å². The third kappa shape index (κ3) is 3.90. The maximum absolute atomic E-state index is 13.3. The molecule has 0 saturated carbocycles. The van der Waals surface area contributed by atoms with Crippen molar-refractivity contribution in [1.82, 2.24) is 15.0 Å². The van der Waals surface area contributed by atoms with Crippen molar-refractivity contribution in [3.63, 3.8) is 0 Å². The van der Waals surface area contributed by atoms with Gasteiger partial charge in [-0.15, -0.1) is 0 Å². The average molecular weight is 455 g/mol. The molecule has 5 aromatic rings. The van der Waals surface area contributed by atoms with Crippen LogP contribution in [0.1, 0.15) is 15.9 Å². The van der Waals surface area contributed by atoms with Crippen LogP contribution in [0.15, 0.2) is 73.2 Å². The maximum Gasteiger partial charge on any atom is 0.257 e. The van der Waals surface area contributed by atoms with Crippen LogP contribution in [0.2, 0.25) is 5.02 Å². The highest BCUT2D eigenvalue weighted by Crippen LogP contribution is 2.33. The Morgan fingerprint density at radius 3 is 2.64 bits per heavy atom. The van der Waals surface area contributed by atoms with Gasteiger partial charge in [-0.2, -0.15) is 0 Å². The molecule has 2 heterocycles. The van der Waals surface area contributed by atoms with Crippen molar-refractivity contribution in [3.8, 4) is 0 Å². The van der Waals surface area contributed by atoms with E-state index in [0.29, 0.717) is 38.8 Å². The Morgan fingerprint density at radius 1 is 0.939 bits per heavy atom. The number of para-hydroxylation sites is 1. The number of pyridine rings is 1. The highest BCUT2D eigenvalue weighted by molar-refractivity contribution is 6.30. The Morgan fingerprint density at radius 2 is 1.79 bits per heavy atom. The Kier molecular flexibility index (Phi) is 5.24. The van der Waals surface area contributed by atoms with Gasteiger partial charge in [0.05, 0.1) is 16.8 Å². The number of rotatable bonds is 4. The van der Waals surface area contributed by atoms with Crippen LogP contribution in [0.25, 0.3) is 21.7 Å². The molecule has 0 saturated heterocycles. The van der Waals surface area contributed by atoms with Crippen molar-refractivity contribution in [2.45, 2.75) is 6.92 Å². The number of hydrogen-bond donors (Lipinski definition) is 3. The third-order valence-corrected chi connectivity index (χ3v) is 5.66. The van der Waals surface area contributed by atoms with Gasteiger partial charge in [-0.3, -0.25) is 4.79 Å². The van der Waals surface area contributed by atoms with E-state index in [-0.39, 0.29) is 5.91 Å². The molecule has 3 aromatic carbocycles. The molecular weight excluding hydrogens is 436 g/mol. The summed E-state index contributed by atoms with van der Waals surface area (Å²) in [6.45, 7) is 1.95. The highest BCUT2D eigenvalue weighted by atomic mass is 35.5. The molecule has 162 valence electrons. The van der Waals surface area contributed by atoms with Gasteiger partial charge in [0.15, 0.2) is 0 Å². The van der Waals surface area contributed by atoms with Gasteiger partial charge in [0, 0.05) is 33.1 Å². The van der Waals surface area contributed by atoms with E-state index >= 15 is 0 Å². The van der Waals surface area contributed by atoms with E-state index in [9.17, 15) is 4.79 Å². The number of benzene rings is 3. The summed E-state index contributed by atoms with van der Waals surface area (Å²) in [7, 11) is 0. The molecule has 5 rings (SSSR count). The molecule has 7 nitrogen and oxygen atoms in total. The van der Waals surface area contributed by atoms with Gasteiger partial charge in [0.25, 0.3) is 5.91 Å². The second-order valence-corrected chi connectivity index (χ2v) is 8.00. The number of aromatic nitrogens is 3. The molecule has 33 heavy (non-hydrogen) atoms. The lowest BCUT2D eigenvalue weighted by Gasteiger charge is -2.15. The zero-order valence-electron chi connectivity index (χ0n) is 17.6. The number of nitrogens with one attached hydrogen (secondary N) is 2. The Hall–Kier alpha value is -4.23. The molecule has 0 bridgehead atoms. The van der Waals surface area contributed by atoms with Crippen molar-refractivity contribution in [2.75, 3.05) is 16.4 Å². The largest absolute Gasteiger partial charge is 0.383 e. The lowest BCUT2D eigenvalue weighted by atomic mass is 10.0. The number of nitrogens with zero attached hydrogens (tertiary/aromatic N) is 3. The van der Waals surface area contributed by atoms with Gasteiger partial charge in [-0.05, 0) is 48.9 Å². The van der Waals surface area contributed by atoms with Gasteiger partial charge in [-0.1, -0.05) is 35.9 Å². The Labute approximate surface area is 194 Å². The van der Waals surface area contributed by atoms with Crippen LogP contribution in [0.5, 0.6) is 0 Å². The number of hydrogen-bond acceptors (Lipinski definition) is 6. The molecule has 0 aliphatic heterocycles. The van der Waals surface area contributed by atoms with Gasteiger partial charge in [0.2, 0.25) is 0 Å². The highest BCUT2D eigenvalue weighted by Gasteiger charge is 2.16. The van der Waals surface area contributed by atoms with Gasteiger partial charge >= 0.3 is 0 Å². The van der Waals surface area contributed by atoms with Gasteiger partial charge in [0.1, 0.15) is 18.0 Å². The molecule has 4 N–H and O–H groups in total. The van der Waals surface area contributed by atoms with Crippen molar-refractivity contribution in [3.05, 3.63) is 89.3 Å². The van der Waals surface area contributed by atoms with Crippen LogP contribution in [0, 0.1) is 6.92 Å². The fourth-order valence-electron chi connectivity index (χ4n) is 3.80. The first kappa shape index (κ1) is 20.7. The Bertz CT molecular complexity index is 1530. The van der Waals surface area contributed by atoms with Crippen LogP contribution in [0.4, 0.5) is 23.0 Å². The second kappa shape index (κ2) is 8.37. The SMILES string of the molecule is Cc1ccc2c(Nc3cccc(Cl)c3)nccc2c1NC(=O)c1cccc2c(N)ncnc12. The standard InChI is InChI=1S/C25H19ClN6O/c1-14-8-9-18-17(10-11-28-24(18)31-16-5-2-4-15(26)12-16)21(14)32-25(33)20-7-3-6-19-22(20)29-13-30-23(19)27/h2-13H,1H3,(H,28,31)(H,32,33)(H2,27,29,30). The predicted molar refractivity (Wildman–Crippen MR) is 133 cm³/mol. The van der Waals surface area contributed by atoms with E-state index in [0.717, 1.165) is 22.0 Å². The molecule has 8 heteroatoms. The van der Waals surface area contributed by atoms with E-state index < -0.39 is 0 Å². The number of halogens is 1. The van der Waals surface area contributed by atoms with Gasteiger partial charge < -0.3 is 16.4 Å². The van der Waals surface area contributed by atoms with E-state index in [1.807, 2.05) is 49.4 Å². The first-order valence-electron chi connectivity index (χ1n) is 10.2. The predicted octanol–water partition coefficient (Wildman–Crippen LogP) is 5.72. The molecule has 0 fully saturated rings. The molecule has 0 radical (unpaired) electrons. The topological polar surface area (TPSA) is 106 Å². The summed E-state index contributed by atoms with van der Waals surface area (Å²) in [6, 6.07) is 18.5. The number of fused-ring (bicyclic) bond motifs is 2. The minimum Gasteiger partial charge on any atom is -0.383 e. The van der Waals surface area contributed by atoms with Crippen molar-refractivity contribution in [1.29, 1.82) is 0 Å². The maximum atomic E-state index is 13.3. The average Bonchev–Trinajstić information content (AvgIpc) is 2.81. The van der Waals surface area contributed by atoms with E-state index in [2.05, 4.69) is 25.6 Å². The molecule has 0 aliphatic rings. The van der Waals surface area contributed by atoms with E-state index in [1.165, 1.54) is 6.33 Å². The van der Waals surface area contributed by atoms with Crippen molar-refractivity contribution >= 4 is 62.2 Å². The summed E-state index contributed by atoms with van der Waals surface area (Å²) in [6.07, 6.45) is 3.06. The Balaban J connectivity index is 1.56. The molecule has 0 aliphatic carbocycles. The number of amides is 1. The first-order valence-corrected chi connectivity index (χ1v) is 10.6. The smallest absolute Gasteiger partial charge is 0.257 e. The number of aryl methyl sites for hydroxylation is 1. The summed E-state index contributed by atoms with van der Waals surface area (Å²) in [5.41, 5.74) is 9.33. The van der Waals surface area contributed by atoms with Crippen molar-refractivity contribution < 1.29 is 4.79 Å². The zero-order chi connectivity index (χ0) is 22.9. The second-order valence-electron chi connectivity index (χ2n) is 7.56. The molecule has 0 atom stereocenters. The lowest BCUT2D eigenvalue weighted by molar-refractivity contribution is 0.102. The number of carbonyl (C=O) groups excluding carboxylic acids is 1. The first-order chi connectivity index (χ1) is 16.0. The van der Waals surface area contributed by atoms with Crippen LogP contribution in [0.3, 0.4) is 0 Å². The molecular formula is C25H19ClN6O. The van der Waals surface area contributed by atoms with Crippen LogP contribution in [-0.4, -0.2) is 20.9 Å². The van der Waals surface area contributed by atoms with E-state index in [4.69, 9.17) is 17.3 Å². The normalized spacial score (nSPS) is 11.0. The van der Waals surface area contributed by atoms with Crippen LogP contribution < -0.4 is 16.4 Å². The monoisotopic (exact) mass is 454 g/mol. The zero-order valence-corrected chi connectivity index (χ0v) is 18.4. The summed E-state index contributed by atoms with van der Waals surface area (Å²) in [4.78, 5) is 26.1. The quantitative estimate of drug-likeness (QED) is 0.321. The van der Waals surface area contributed by atoms with Crippen LogP contribution in [-0.2, 0) is 0 Å². The fourth-order valence-corrected chi connectivity index (χ4v) is 3.99. The number of anilines is 4.